The van der Waals surface area contributed by atoms with E-state index in [4.69, 9.17) is 9.72 Å². The van der Waals surface area contributed by atoms with Crippen LogP contribution in [0.25, 0.3) is 0 Å². The van der Waals surface area contributed by atoms with E-state index in [-0.39, 0.29) is 5.56 Å². The summed E-state index contributed by atoms with van der Waals surface area (Å²) < 4.78 is 5.15. The highest BCUT2D eigenvalue weighted by molar-refractivity contribution is 5.48. The van der Waals surface area contributed by atoms with Gasteiger partial charge in [-0.15, -0.1) is 0 Å². The second-order valence-corrected chi connectivity index (χ2v) is 7.77. The van der Waals surface area contributed by atoms with Crippen LogP contribution in [0.3, 0.4) is 0 Å². The summed E-state index contributed by atoms with van der Waals surface area (Å²) >= 11 is 0. The number of unbranched alkanes of at least 4 members (excludes halogenated alkanes) is 1. The van der Waals surface area contributed by atoms with Gasteiger partial charge in [-0.25, -0.2) is 4.98 Å². The zero-order valence-electron chi connectivity index (χ0n) is 17.8. The summed E-state index contributed by atoms with van der Waals surface area (Å²) in [7, 11) is 1.64. The molecule has 0 saturated heterocycles. The van der Waals surface area contributed by atoms with Gasteiger partial charge in [0.25, 0.3) is 5.56 Å². The van der Waals surface area contributed by atoms with Gasteiger partial charge in [0.2, 0.25) is 0 Å². The molecule has 0 saturated carbocycles. The average Bonchev–Trinajstić information content (AvgIpc) is 2.78. The first kappa shape index (κ1) is 21.7. The molecule has 0 radical (unpaired) electrons. The van der Waals surface area contributed by atoms with E-state index in [1.807, 2.05) is 36.4 Å². The van der Waals surface area contributed by atoms with E-state index in [0.717, 1.165) is 42.5 Å². The Bertz CT molecular complexity index is 1030. The number of nitriles is 1. The number of benzene rings is 1. The number of aromatic nitrogens is 2. The predicted molar refractivity (Wildman–Crippen MR) is 118 cm³/mol. The SMILES string of the molecule is CCCCc1nc(CCOC)[nH]c(=O)c1CC1(c2ccccc2C#N)C=CC=CC1. The van der Waals surface area contributed by atoms with Crippen LogP contribution in [0.4, 0.5) is 0 Å². The highest BCUT2D eigenvalue weighted by atomic mass is 16.5. The van der Waals surface area contributed by atoms with E-state index in [1.165, 1.54) is 0 Å². The largest absolute Gasteiger partial charge is 0.384 e. The van der Waals surface area contributed by atoms with Crippen LogP contribution in [0.5, 0.6) is 0 Å². The zero-order valence-corrected chi connectivity index (χ0v) is 17.8. The summed E-state index contributed by atoms with van der Waals surface area (Å²) in [5.74, 6) is 0.669. The topological polar surface area (TPSA) is 78.8 Å². The Balaban J connectivity index is 2.08. The van der Waals surface area contributed by atoms with Crippen molar-refractivity contribution < 1.29 is 4.74 Å². The molecule has 0 amide bonds. The predicted octanol–water partition coefficient (Wildman–Crippen LogP) is 4.17. The van der Waals surface area contributed by atoms with E-state index in [2.05, 4.69) is 30.1 Å². The fourth-order valence-electron chi connectivity index (χ4n) is 4.07. The number of rotatable bonds is 9. The highest BCUT2D eigenvalue weighted by Gasteiger charge is 2.34. The lowest BCUT2D eigenvalue weighted by molar-refractivity contribution is 0.200. The summed E-state index contributed by atoms with van der Waals surface area (Å²) in [5, 5.41) is 9.69. The van der Waals surface area contributed by atoms with Gasteiger partial charge >= 0.3 is 0 Å². The van der Waals surface area contributed by atoms with Crippen molar-refractivity contribution in [3.8, 4) is 6.07 Å². The molecule has 0 spiro atoms. The molecule has 5 nitrogen and oxygen atoms in total. The maximum absolute atomic E-state index is 13.1. The number of hydrogen-bond acceptors (Lipinski definition) is 4. The summed E-state index contributed by atoms with van der Waals surface area (Å²) in [6, 6.07) is 10.0. The number of methoxy groups -OCH3 is 1. The molecule has 1 aromatic carbocycles. The minimum absolute atomic E-state index is 0.0843. The zero-order chi connectivity index (χ0) is 21.4. The quantitative estimate of drug-likeness (QED) is 0.681. The van der Waals surface area contributed by atoms with Crippen LogP contribution in [-0.2, 0) is 29.4 Å². The maximum Gasteiger partial charge on any atom is 0.254 e. The first-order chi connectivity index (χ1) is 14.6. The first-order valence-electron chi connectivity index (χ1n) is 10.6. The van der Waals surface area contributed by atoms with E-state index in [1.54, 1.807) is 7.11 Å². The molecule has 0 aliphatic heterocycles. The second kappa shape index (κ2) is 10.2. The molecule has 0 bridgehead atoms. The van der Waals surface area contributed by atoms with Gasteiger partial charge in [-0.1, -0.05) is 55.8 Å². The third-order valence-corrected chi connectivity index (χ3v) is 5.68. The Morgan fingerprint density at radius 2 is 2.10 bits per heavy atom. The molecule has 30 heavy (non-hydrogen) atoms. The summed E-state index contributed by atoms with van der Waals surface area (Å²) in [6.07, 6.45) is 12.9. The normalized spacial score (nSPS) is 17.8. The molecule has 1 atom stereocenters. The van der Waals surface area contributed by atoms with E-state index >= 15 is 0 Å². The standard InChI is InChI=1S/C25H29N3O2/c1-3-4-12-22-20(24(29)28-23(27-22)13-16-30-2)17-25(14-8-5-9-15-25)21-11-7-6-10-19(21)18-26/h5-11,14H,3-4,12-13,15-17H2,1-2H3,(H,27,28,29). The van der Waals surface area contributed by atoms with Crippen molar-refractivity contribution in [1.29, 1.82) is 5.26 Å². The fraction of sp³-hybridized carbons (Fsp3) is 0.400. The fourth-order valence-corrected chi connectivity index (χ4v) is 4.07. The van der Waals surface area contributed by atoms with E-state index in [9.17, 15) is 10.1 Å². The Morgan fingerprint density at radius 3 is 2.80 bits per heavy atom. The lowest BCUT2D eigenvalue weighted by Crippen LogP contribution is -2.33. The third-order valence-electron chi connectivity index (χ3n) is 5.68. The second-order valence-electron chi connectivity index (χ2n) is 7.77. The molecule has 2 aromatic rings. The minimum atomic E-state index is -0.440. The monoisotopic (exact) mass is 403 g/mol. The summed E-state index contributed by atoms with van der Waals surface area (Å²) in [5.41, 5.74) is 2.66. The number of aryl methyl sites for hydroxylation is 1. The van der Waals surface area contributed by atoms with Crippen molar-refractivity contribution in [1.82, 2.24) is 9.97 Å². The van der Waals surface area contributed by atoms with Crippen LogP contribution < -0.4 is 5.56 Å². The Morgan fingerprint density at radius 1 is 1.27 bits per heavy atom. The lowest BCUT2D eigenvalue weighted by atomic mass is 9.70. The van der Waals surface area contributed by atoms with Gasteiger partial charge < -0.3 is 9.72 Å². The van der Waals surface area contributed by atoms with Crippen LogP contribution in [-0.4, -0.2) is 23.7 Å². The molecule has 1 heterocycles. The number of allylic oxidation sites excluding steroid dienone is 4. The average molecular weight is 404 g/mol. The number of H-pyrrole nitrogens is 1. The molecule has 1 aromatic heterocycles. The molecular formula is C25H29N3O2. The lowest BCUT2D eigenvalue weighted by Gasteiger charge is -2.33. The molecule has 156 valence electrons. The van der Waals surface area contributed by atoms with Gasteiger partial charge in [-0.05, 0) is 37.3 Å². The maximum atomic E-state index is 13.1. The molecule has 5 heteroatoms. The van der Waals surface area contributed by atoms with Gasteiger partial charge in [0, 0.05) is 24.5 Å². The molecular weight excluding hydrogens is 374 g/mol. The van der Waals surface area contributed by atoms with Gasteiger partial charge in [-0.2, -0.15) is 5.26 Å². The van der Waals surface area contributed by atoms with Gasteiger partial charge in [0.05, 0.1) is 23.9 Å². The van der Waals surface area contributed by atoms with E-state index < -0.39 is 5.41 Å². The highest BCUT2D eigenvalue weighted by Crippen LogP contribution is 2.38. The Labute approximate surface area is 178 Å². The van der Waals surface area contributed by atoms with Gasteiger partial charge in [-0.3, -0.25) is 4.79 Å². The van der Waals surface area contributed by atoms with Crippen molar-refractivity contribution in [2.45, 2.75) is 50.9 Å². The van der Waals surface area contributed by atoms with Gasteiger partial charge in [0.1, 0.15) is 5.82 Å². The molecule has 1 unspecified atom stereocenters. The number of nitrogens with zero attached hydrogens (tertiary/aromatic N) is 2. The Kier molecular flexibility index (Phi) is 7.37. The van der Waals surface area contributed by atoms with Crippen LogP contribution in [0.15, 0.2) is 53.4 Å². The first-order valence-corrected chi connectivity index (χ1v) is 10.6. The molecule has 0 fully saturated rings. The van der Waals surface area contributed by atoms with Crippen molar-refractivity contribution in [3.63, 3.8) is 0 Å². The smallest absolute Gasteiger partial charge is 0.254 e. The van der Waals surface area contributed by atoms with Crippen LogP contribution >= 0.6 is 0 Å². The van der Waals surface area contributed by atoms with Crippen LogP contribution in [0, 0.1) is 11.3 Å². The summed E-state index contributed by atoms with van der Waals surface area (Å²) in [6.45, 7) is 2.65. The molecule has 3 rings (SSSR count). The van der Waals surface area contributed by atoms with Crippen molar-refractivity contribution in [2.75, 3.05) is 13.7 Å². The number of nitrogens with one attached hydrogen (secondary N) is 1. The molecule has 1 aliphatic rings. The number of ether oxygens (including phenoxy) is 1. The number of hydrogen-bond donors (Lipinski definition) is 1. The third kappa shape index (κ3) is 4.77. The van der Waals surface area contributed by atoms with E-state index in [0.29, 0.717) is 30.8 Å². The minimum Gasteiger partial charge on any atom is -0.384 e. The molecule has 1 N–H and O–H groups in total. The van der Waals surface area contributed by atoms with Crippen LogP contribution in [0.1, 0.15) is 54.4 Å². The van der Waals surface area contributed by atoms with Crippen molar-refractivity contribution >= 4 is 0 Å². The molecule has 1 aliphatic carbocycles. The van der Waals surface area contributed by atoms with Crippen molar-refractivity contribution in [3.05, 3.63) is 87.1 Å². The Hall–Kier alpha value is -2.97. The summed E-state index contributed by atoms with van der Waals surface area (Å²) in [4.78, 5) is 20.9. The number of aromatic amines is 1. The van der Waals surface area contributed by atoms with Crippen molar-refractivity contribution in [2.24, 2.45) is 0 Å². The van der Waals surface area contributed by atoms with Gasteiger partial charge in [0.15, 0.2) is 0 Å². The van der Waals surface area contributed by atoms with Crippen LogP contribution in [0.2, 0.25) is 0 Å².